The number of amides is 3. The van der Waals surface area contributed by atoms with Gasteiger partial charge in [0.1, 0.15) is 0 Å². The summed E-state index contributed by atoms with van der Waals surface area (Å²) in [4.78, 5) is 36.9. The minimum absolute atomic E-state index is 0.136. The fourth-order valence-corrected chi connectivity index (χ4v) is 3.36. The lowest BCUT2D eigenvalue weighted by Gasteiger charge is -2.13. The molecule has 0 heterocycles. The zero-order chi connectivity index (χ0) is 20.8. The lowest BCUT2D eigenvalue weighted by molar-refractivity contribution is -0.127. The average molecular weight is 433 g/mol. The molecule has 29 heavy (non-hydrogen) atoms. The summed E-state index contributed by atoms with van der Waals surface area (Å²) in [5.74, 6) is -0.536. The predicted molar refractivity (Wildman–Crippen MR) is 112 cm³/mol. The van der Waals surface area contributed by atoms with Crippen LogP contribution in [0.4, 0.5) is 4.79 Å². The molecule has 0 bridgehead atoms. The molecule has 6 nitrogen and oxygen atoms in total. The number of carbonyl (C=O) groups is 3. The van der Waals surface area contributed by atoms with Crippen LogP contribution in [-0.2, 0) is 15.3 Å². The Morgan fingerprint density at radius 3 is 2.38 bits per heavy atom. The summed E-state index contributed by atoms with van der Waals surface area (Å²) in [6, 6.07) is 14.2. The van der Waals surface area contributed by atoms with Crippen molar-refractivity contribution < 1.29 is 19.1 Å². The first-order chi connectivity index (χ1) is 13.9. The first-order valence-corrected chi connectivity index (χ1v) is 10.6. The normalized spacial score (nSPS) is 14.0. The van der Waals surface area contributed by atoms with Crippen LogP contribution >= 0.6 is 23.4 Å². The third-order valence-corrected chi connectivity index (χ3v) is 5.55. The van der Waals surface area contributed by atoms with Crippen molar-refractivity contribution in [2.75, 3.05) is 0 Å². The first kappa shape index (κ1) is 21.2. The summed E-state index contributed by atoms with van der Waals surface area (Å²) < 4.78 is 5.15. The maximum Gasteiger partial charge on any atom is 0.338 e. The smallest absolute Gasteiger partial charge is 0.338 e. The van der Waals surface area contributed by atoms with Crippen molar-refractivity contribution in [1.29, 1.82) is 0 Å². The van der Waals surface area contributed by atoms with Crippen LogP contribution in [0.5, 0.6) is 0 Å². The molecule has 2 aromatic carbocycles. The lowest BCUT2D eigenvalue weighted by atomic mass is 10.1. The summed E-state index contributed by atoms with van der Waals surface area (Å²) >= 11 is 7.54. The Balaban J connectivity index is 1.46. The topological polar surface area (TPSA) is 84.5 Å². The van der Waals surface area contributed by atoms with Gasteiger partial charge in [-0.1, -0.05) is 23.7 Å². The average Bonchev–Trinajstić information content (AvgIpc) is 3.51. The summed E-state index contributed by atoms with van der Waals surface area (Å²) in [6.45, 7) is 1.43. The summed E-state index contributed by atoms with van der Waals surface area (Å²) in [5.41, 5.74) is 1.39. The number of hydrogen-bond donors (Lipinski definition) is 2. The van der Waals surface area contributed by atoms with E-state index in [9.17, 15) is 14.4 Å². The van der Waals surface area contributed by atoms with Crippen LogP contribution in [0.3, 0.4) is 0 Å². The first-order valence-electron chi connectivity index (χ1n) is 9.20. The van der Waals surface area contributed by atoms with Gasteiger partial charge in [0, 0.05) is 21.7 Å². The second-order valence-electron chi connectivity index (χ2n) is 6.72. The number of carbonyl (C=O) groups excluding carboxylic acids is 3. The number of ether oxygens (including phenoxy) is 1. The molecular weight excluding hydrogens is 412 g/mol. The monoisotopic (exact) mass is 432 g/mol. The van der Waals surface area contributed by atoms with Crippen molar-refractivity contribution in [2.45, 2.75) is 42.6 Å². The van der Waals surface area contributed by atoms with Crippen molar-refractivity contribution in [1.82, 2.24) is 10.6 Å². The standard InChI is InChI=1S/C21H21ClN2O4S/c1-13(19(25)24-21(27)23-17-8-9-17)28-20(26)15-4-2-14(3-5-15)12-29-18-10-6-16(22)7-11-18/h2-7,10-11,13,17H,8-9,12H2,1H3,(H2,23,24,25,27). The molecule has 1 atom stereocenters. The molecule has 0 radical (unpaired) electrons. The van der Waals surface area contributed by atoms with E-state index in [1.165, 1.54) is 6.92 Å². The van der Waals surface area contributed by atoms with E-state index in [4.69, 9.17) is 16.3 Å². The number of rotatable bonds is 7. The molecule has 2 N–H and O–H groups in total. The van der Waals surface area contributed by atoms with Gasteiger partial charge in [0.05, 0.1) is 5.56 Å². The van der Waals surface area contributed by atoms with Crippen molar-refractivity contribution in [3.05, 3.63) is 64.7 Å². The van der Waals surface area contributed by atoms with Crippen molar-refractivity contribution in [3.8, 4) is 0 Å². The highest BCUT2D eigenvalue weighted by molar-refractivity contribution is 7.98. The summed E-state index contributed by atoms with van der Waals surface area (Å²) in [6.07, 6.45) is 0.758. The van der Waals surface area contributed by atoms with Crippen LogP contribution in [0, 0.1) is 0 Å². The number of urea groups is 1. The van der Waals surface area contributed by atoms with E-state index in [1.807, 2.05) is 36.4 Å². The number of hydrogen-bond acceptors (Lipinski definition) is 5. The molecule has 8 heteroatoms. The van der Waals surface area contributed by atoms with Gasteiger partial charge in [-0.3, -0.25) is 10.1 Å². The van der Waals surface area contributed by atoms with Gasteiger partial charge in [0.2, 0.25) is 0 Å². The fraction of sp³-hybridized carbons (Fsp3) is 0.286. The summed E-state index contributed by atoms with van der Waals surface area (Å²) in [5, 5.41) is 5.51. The quantitative estimate of drug-likeness (QED) is 0.506. The van der Waals surface area contributed by atoms with E-state index in [2.05, 4.69) is 10.6 Å². The van der Waals surface area contributed by atoms with Crippen molar-refractivity contribution in [3.63, 3.8) is 0 Å². The molecule has 1 aliphatic rings. The van der Waals surface area contributed by atoms with Gasteiger partial charge in [0.15, 0.2) is 6.10 Å². The van der Waals surface area contributed by atoms with Gasteiger partial charge < -0.3 is 10.1 Å². The number of halogens is 1. The van der Waals surface area contributed by atoms with Gasteiger partial charge in [0.25, 0.3) is 5.91 Å². The molecule has 0 aliphatic heterocycles. The second-order valence-corrected chi connectivity index (χ2v) is 8.21. The van der Waals surface area contributed by atoms with Gasteiger partial charge in [-0.15, -0.1) is 11.8 Å². The molecule has 152 valence electrons. The highest BCUT2D eigenvalue weighted by Gasteiger charge is 2.26. The Morgan fingerprint density at radius 2 is 1.76 bits per heavy atom. The number of esters is 1. The maximum atomic E-state index is 12.2. The Labute approximate surface area is 178 Å². The molecular formula is C21H21ClN2O4S. The Bertz CT molecular complexity index is 883. The van der Waals surface area contributed by atoms with Gasteiger partial charge in [-0.05, 0) is 61.7 Å². The summed E-state index contributed by atoms with van der Waals surface area (Å²) in [7, 11) is 0. The molecule has 2 aromatic rings. The molecule has 1 fully saturated rings. The number of nitrogens with one attached hydrogen (secondary N) is 2. The van der Waals surface area contributed by atoms with E-state index < -0.39 is 24.0 Å². The highest BCUT2D eigenvalue weighted by Crippen LogP contribution is 2.24. The SMILES string of the molecule is CC(OC(=O)c1ccc(CSc2ccc(Cl)cc2)cc1)C(=O)NC(=O)NC1CC1. The van der Waals surface area contributed by atoms with E-state index in [0.29, 0.717) is 10.6 Å². The number of imide groups is 1. The lowest BCUT2D eigenvalue weighted by Crippen LogP contribution is -2.45. The molecule has 1 aliphatic carbocycles. The minimum atomic E-state index is -1.08. The molecule has 3 amide bonds. The van der Waals surface area contributed by atoms with Gasteiger partial charge in [-0.25, -0.2) is 9.59 Å². The van der Waals surface area contributed by atoms with Crippen molar-refractivity contribution >= 4 is 41.3 Å². The number of benzene rings is 2. The molecule has 1 saturated carbocycles. The van der Waals surface area contributed by atoms with E-state index in [1.54, 1.807) is 23.9 Å². The van der Waals surface area contributed by atoms with Crippen LogP contribution in [0.25, 0.3) is 0 Å². The zero-order valence-corrected chi connectivity index (χ0v) is 17.4. The minimum Gasteiger partial charge on any atom is -0.449 e. The number of thioether (sulfide) groups is 1. The van der Waals surface area contributed by atoms with Crippen LogP contribution in [0.15, 0.2) is 53.4 Å². The molecule has 1 unspecified atom stereocenters. The van der Waals surface area contributed by atoms with Crippen LogP contribution in [0.1, 0.15) is 35.7 Å². The van der Waals surface area contributed by atoms with E-state index in [-0.39, 0.29) is 6.04 Å². The van der Waals surface area contributed by atoms with Crippen LogP contribution in [-0.4, -0.2) is 30.1 Å². The Hall–Kier alpha value is -2.51. The largest absolute Gasteiger partial charge is 0.449 e. The maximum absolute atomic E-state index is 12.2. The molecule has 0 saturated heterocycles. The van der Waals surface area contributed by atoms with Crippen LogP contribution < -0.4 is 10.6 Å². The fourth-order valence-electron chi connectivity index (χ4n) is 2.38. The van der Waals surface area contributed by atoms with E-state index >= 15 is 0 Å². The highest BCUT2D eigenvalue weighted by atomic mass is 35.5. The zero-order valence-electron chi connectivity index (χ0n) is 15.8. The van der Waals surface area contributed by atoms with Crippen molar-refractivity contribution in [2.24, 2.45) is 0 Å². The second kappa shape index (κ2) is 9.80. The van der Waals surface area contributed by atoms with Crippen LogP contribution in [0.2, 0.25) is 5.02 Å². The molecule has 3 rings (SSSR count). The molecule has 0 spiro atoms. The predicted octanol–water partition coefficient (Wildman–Crippen LogP) is 4.17. The third kappa shape index (κ3) is 6.80. The Morgan fingerprint density at radius 1 is 1.10 bits per heavy atom. The van der Waals surface area contributed by atoms with Gasteiger partial charge in [-0.2, -0.15) is 0 Å². The Kier molecular flexibility index (Phi) is 7.17. The third-order valence-electron chi connectivity index (χ3n) is 4.21. The van der Waals surface area contributed by atoms with E-state index in [0.717, 1.165) is 29.1 Å². The molecule has 0 aromatic heterocycles. The van der Waals surface area contributed by atoms with Gasteiger partial charge >= 0.3 is 12.0 Å².